The largest absolute Gasteiger partial charge is 0.388 e. The molecule has 0 aliphatic heterocycles. The molecule has 1 aromatic rings. The molecule has 0 bridgehead atoms. The molecule has 1 saturated carbocycles. The SMILES string of the molecule is CC(O)(C=C=C1CCCC[C@@H]1O)CCc1ccccc1. The Balaban J connectivity index is 1.97. The highest BCUT2D eigenvalue weighted by atomic mass is 16.3. The van der Waals surface area contributed by atoms with Gasteiger partial charge in [-0.25, -0.2) is 0 Å². The molecule has 2 nitrogen and oxygen atoms in total. The summed E-state index contributed by atoms with van der Waals surface area (Å²) in [4.78, 5) is 0. The van der Waals surface area contributed by atoms with Crippen LogP contribution in [0.15, 0.2) is 47.7 Å². The van der Waals surface area contributed by atoms with Crippen LogP contribution in [0.3, 0.4) is 0 Å². The highest BCUT2D eigenvalue weighted by molar-refractivity contribution is 5.17. The van der Waals surface area contributed by atoms with Crippen LogP contribution < -0.4 is 0 Å². The van der Waals surface area contributed by atoms with E-state index in [0.717, 1.165) is 37.7 Å². The van der Waals surface area contributed by atoms with E-state index < -0.39 is 5.60 Å². The summed E-state index contributed by atoms with van der Waals surface area (Å²) in [5.41, 5.74) is 4.43. The summed E-state index contributed by atoms with van der Waals surface area (Å²) in [6.45, 7) is 1.80. The van der Waals surface area contributed by atoms with Gasteiger partial charge in [0, 0.05) is 0 Å². The maximum absolute atomic E-state index is 10.4. The molecule has 1 aliphatic rings. The fraction of sp³-hybridized carbons (Fsp3) is 0.500. The van der Waals surface area contributed by atoms with Crippen molar-refractivity contribution in [1.29, 1.82) is 0 Å². The summed E-state index contributed by atoms with van der Waals surface area (Å²) in [5, 5.41) is 20.3. The first-order valence-electron chi connectivity index (χ1n) is 7.48. The summed E-state index contributed by atoms with van der Waals surface area (Å²) in [5.74, 6) is 0. The van der Waals surface area contributed by atoms with Crippen LogP contribution >= 0.6 is 0 Å². The fourth-order valence-electron chi connectivity index (χ4n) is 2.52. The highest BCUT2D eigenvalue weighted by Gasteiger charge is 2.18. The van der Waals surface area contributed by atoms with E-state index in [1.54, 1.807) is 13.0 Å². The maximum atomic E-state index is 10.4. The third-order valence-electron chi connectivity index (χ3n) is 3.91. The van der Waals surface area contributed by atoms with Gasteiger partial charge in [0.15, 0.2) is 0 Å². The van der Waals surface area contributed by atoms with Gasteiger partial charge in [0.1, 0.15) is 0 Å². The smallest absolute Gasteiger partial charge is 0.0876 e. The van der Waals surface area contributed by atoms with Gasteiger partial charge >= 0.3 is 0 Å². The van der Waals surface area contributed by atoms with Gasteiger partial charge in [0.25, 0.3) is 0 Å². The lowest BCUT2D eigenvalue weighted by Crippen LogP contribution is -2.21. The number of rotatable bonds is 4. The minimum Gasteiger partial charge on any atom is -0.388 e. The Morgan fingerprint density at radius 3 is 2.75 bits per heavy atom. The molecule has 2 rings (SSSR count). The molecule has 108 valence electrons. The van der Waals surface area contributed by atoms with Crippen LogP contribution in [-0.2, 0) is 6.42 Å². The van der Waals surface area contributed by atoms with Gasteiger partial charge in [0.05, 0.1) is 11.7 Å². The summed E-state index contributed by atoms with van der Waals surface area (Å²) < 4.78 is 0. The van der Waals surface area contributed by atoms with E-state index in [9.17, 15) is 10.2 Å². The summed E-state index contributed by atoms with van der Waals surface area (Å²) in [7, 11) is 0. The number of hydrogen-bond donors (Lipinski definition) is 2. The van der Waals surface area contributed by atoms with Gasteiger partial charge in [-0.2, -0.15) is 0 Å². The summed E-state index contributed by atoms with van der Waals surface area (Å²) in [6.07, 6.45) is 6.76. The molecule has 0 aromatic heterocycles. The second-order valence-electron chi connectivity index (χ2n) is 5.92. The molecule has 1 unspecified atom stereocenters. The molecule has 2 N–H and O–H groups in total. The number of aliphatic hydroxyl groups excluding tert-OH is 1. The monoisotopic (exact) mass is 272 g/mol. The number of hydrogen-bond acceptors (Lipinski definition) is 2. The average Bonchev–Trinajstić information content (AvgIpc) is 2.46. The lowest BCUT2D eigenvalue weighted by molar-refractivity contribution is 0.102. The van der Waals surface area contributed by atoms with Crippen LogP contribution in [-0.4, -0.2) is 21.9 Å². The van der Waals surface area contributed by atoms with Crippen LogP contribution in [0, 0.1) is 0 Å². The lowest BCUT2D eigenvalue weighted by atomic mass is 9.91. The zero-order chi connectivity index (χ0) is 14.4. The standard InChI is InChI=1S/C18H24O2/c1-18(20,13-11-15-7-3-2-4-8-15)14-12-16-9-5-6-10-17(16)19/h2-4,7-8,14,17,19-20H,5-6,9-11,13H2,1H3/t12?,17-,18?/m0/s1. The lowest BCUT2D eigenvalue weighted by Gasteiger charge is -2.20. The minimum absolute atomic E-state index is 0.370. The van der Waals surface area contributed by atoms with Crippen molar-refractivity contribution in [2.24, 2.45) is 0 Å². The van der Waals surface area contributed by atoms with Crippen LogP contribution in [0.25, 0.3) is 0 Å². The quantitative estimate of drug-likeness (QED) is 0.825. The first kappa shape index (κ1) is 15.1. The van der Waals surface area contributed by atoms with E-state index in [4.69, 9.17) is 0 Å². The first-order chi connectivity index (χ1) is 9.57. The maximum Gasteiger partial charge on any atom is 0.0876 e. The average molecular weight is 272 g/mol. The topological polar surface area (TPSA) is 40.5 Å². The van der Waals surface area contributed by atoms with Crippen molar-refractivity contribution in [1.82, 2.24) is 0 Å². The molecular formula is C18H24O2. The number of aliphatic hydroxyl groups is 2. The number of benzene rings is 1. The van der Waals surface area contributed by atoms with E-state index in [2.05, 4.69) is 17.9 Å². The Morgan fingerprint density at radius 2 is 2.05 bits per heavy atom. The molecular weight excluding hydrogens is 248 g/mol. The van der Waals surface area contributed by atoms with E-state index >= 15 is 0 Å². The molecule has 1 fully saturated rings. The second kappa shape index (κ2) is 6.90. The van der Waals surface area contributed by atoms with Crippen molar-refractivity contribution in [3.8, 4) is 0 Å². The van der Waals surface area contributed by atoms with Gasteiger partial charge < -0.3 is 10.2 Å². The zero-order valence-electron chi connectivity index (χ0n) is 12.2. The third-order valence-corrected chi connectivity index (χ3v) is 3.91. The predicted molar refractivity (Wildman–Crippen MR) is 81.5 cm³/mol. The molecule has 1 aliphatic carbocycles. The van der Waals surface area contributed by atoms with Crippen LogP contribution in [0.1, 0.15) is 44.6 Å². The van der Waals surface area contributed by atoms with E-state index in [1.807, 2.05) is 18.2 Å². The van der Waals surface area contributed by atoms with Crippen LogP contribution in [0.4, 0.5) is 0 Å². The van der Waals surface area contributed by atoms with Gasteiger partial charge in [-0.3, -0.25) is 0 Å². The molecule has 2 atom stereocenters. The molecule has 0 saturated heterocycles. The molecule has 0 heterocycles. The molecule has 0 amide bonds. The molecule has 0 spiro atoms. The Labute approximate surface area is 121 Å². The predicted octanol–water partition coefficient (Wildman–Crippen LogP) is 3.39. The normalized spacial score (nSPS) is 21.9. The zero-order valence-corrected chi connectivity index (χ0v) is 12.2. The Bertz CT molecular complexity index is 481. The molecule has 2 heteroatoms. The van der Waals surface area contributed by atoms with Crippen molar-refractivity contribution >= 4 is 0 Å². The summed E-state index contributed by atoms with van der Waals surface area (Å²) in [6, 6.07) is 10.2. The fourth-order valence-corrected chi connectivity index (χ4v) is 2.52. The van der Waals surface area contributed by atoms with E-state index in [0.29, 0.717) is 6.42 Å². The van der Waals surface area contributed by atoms with Crippen LogP contribution in [0.2, 0.25) is 0 Å². The highest BCUT2D eigenvalue weighted by Crippen LogP contribution is 2.23. The van der Waals surface area contributed by atoms with Crippen LogP contribution in [0.5, 0.6) is 0 Å². The molecule has 0 radical (unpaired) electrons. The van der Waals surface area contributed by atoms with E-state index in [-0.39, 0.29) is 6.10 Å². The van der Waals surface area contributed by atoms with Gasteiger partial charge in [-0.15, -0.1) is 5.73 Å². The van der Waals surface area contributed by atoms with Crippen molar-refractivity contribution in [2.75, 3.05) is 0 Å². The van der Waals surface area contributed by atoms with E-state index in [1.165, 1.54) is 5.56 Å². The van der Waals surface area contributed by atoms with Crippen molar-refractivity contribution in [3.63, 3.8) is 0 Å². The first-order valence-corrected chi connectivity index (χ1v) is 7.48. The summed E-state index contributed by atoms with van der Waals surface area (Å²) >= 11 is 0. The van der Waals surface area contributed by atoms with Gasteiger partial charge in [-0.05, 0) is 56.2 Å². The van der Waals surface area contributed by atoms with Gasteiger partial charge in [0.2, 0.25) is 0 Å². The Kier molecular flexibility index (Phi) is 5.19. The molecule has 1 aromatic carbocycles. The Hall–Kier alpha value is -1.34. The Morgan fingerprint density at radius 1 is 1.30 bits per heavy atom. The number of aryl methyl sites for hydroxylation is 1. The van der Waals surface area contributed by atoms with Gasteiger partial charge in [-0.1, -0.05) is 36.8 Å². The van der Waals surface area contributed by atoms with Crippen molar-refractivity contribution in [2.45, 2.75) is 57.2 Å². The van der Waals surface area contributed by atoms with Crippen molar-refractivity contribution in [3.05, 3.63) is 53.3 Å². The minimum atomic E-state index is -0.875. The van der Waals surface area contributed by atoms with Crippen molar-refractivity contribution < 1.29 is 10.2 Å². The third kappa shape index (κ3) is 4.64. The molecule has 20 heavy (non-hydrogen) atoms. The second-order valence-corrected chi connectivity index (χ2v) is 5.92.